The van der Waals surface area contributed by atoms with Crippen LogP contribution in [0.5, 0.6) is 0 Å². The Bertz CT molecular complexity index is 732. The van der Waals surface area contributed by atoms with Crippen molar-refractivity contribution in [1.29, 1.82) is 0 Å². The van der Waals surface area contributed by atoms with E-state index in [-0.39, 0.29) is 6.04 Å². The lowest BCUT2D eigenvalue weighted by Crippen LogP contribution is -2.13. The average molecular weight is 332 g/mol. The zero-order valence-corrected chi connectivity index (χ0v) is 13.0. The number of benzene rings is 2. The van der Waals surface area contributed by atoms with Gasteiger partial charge in [-0.2, -0.15) is 0 Å². The van der Waals surface area contributed by atoms with E-state index in [1.54, 1.807) is 11.3 Å². The van der Waals surface area contributed by atoms with Crippen LogP contribution < -0.4 is 5.73 Å². The van der Waals surface area contributed by atoms with Crippen LogP contribution in [0.3, 0.4) is 0 Å². The van der Waals surface area contributed by atoms with E-state index in [9.17, 15) is 0 Å². The molecule has 3 heteroatoms. The Morgan fingerprint density at radius 1 is 1.16 bits per heavy atom. The maximum Gasteiger partial charge on any atom is 0.0701 e. The fraction of sp³-hybridized carbons (Fsp3) is 0.125. The van der Waals surface area contributed by atoms with Gasteiger partial charge < -0.3 is 5.73 Å². The molecule has 2 aromatic carbocycles. The summed E-state index contributed by atoms with van der Waals surface area (Å²) in [6.07, 6.45) is 0. The normalized spacial score (nSPS) is 12.8. The second-order valence-corrected chi connectivity index (χ2v) is 6.97. The topological polar surface area (TPSA) is 26.0 Å². The molecule has 1 unspecified atom stereocenters. The molecule has 0 amide bonds. The van der Waals surface area contributed by atoms with Crippen LogP contribution in [0.1, 0.15) is 22.7 Å². The van der Waals surface area contributed by atoms with E-state index in [0.717, 1.165) is 9.35 Å². The number of hydrogen-bond acceptors (Lipinski definition) is 2. The van der Waals surface area contributed by atoms with Gasteiger partial charge in [0.25, 0.3) is 0 Å². The highest BCUT2D eigenvalue weighted by Gasteiger charge is 2.15. The van der Waals surface area contributed by atoms with Crippen LogP contribution in [-0.2, 0) is 0 Å². The molecule has 0 spiro atoms. The Balaban J connectivity index is 2.21. The third-order valence-corrected chi connectivity index (χ3v) is 4.97. The van der Waals surface area contributed by atoms with Crippen LogP contribution in [0.2, 0.25) is 0 Å². The molecular formula is C16H14BrNS. The number of nitrogens with two attached hydrogens (primary N) is 1. The van der Waals surface area contributed by atoms with E-state index in [1.807, 2.05) is 0 Å². The molecule has 0 aliphatic heterocycles. The first-order valence-corrected chi connectivity index (χ1v) is 7.82. The third-order valence-electron chi connectivity index (χ3n) is 3.45. The molecule has 0 aliphatic rings. The molecule has 1 heterocycles. The predicted molar refractivity (Wildman–Crippen MR) is 86.7 cm³/mol. The summed E-state index contributed by atoms with van der Waals surface area (Å²) in [6.45, 7) is 2.13. The first kappa shape index (κ1) is 12.9. The molecule has 1 nitrogen and oxygen atoms in total. The van der Waals surface area contributed by atoms with E-state index in [2.05, 4.69) is 70.7 Å². The summed E-state index contributed by atoms with van der Waals surface area (Å²) in [5.41, 5.74) is 10.1. The van der Waals surface area contributed by atoms with E-state index in [1.165, 1.54) is 21.9 Å². The molecule has 0 saturated heterocycles. The van der Waals surface area contributed by atoms with Crippen molar-refractivity contribution in [1.82, 2.24) is 0 Å². The molecule has 19 heavy (non-hydrogen) atoms. The number of hydrogen-bond donors (Lipinski definition) is 1. The van der Waals surface area contributed by atoms with Gasteiger partial charge in [-0.25, -0.2) is 0 Å². The minimum Gasteiger partial charge on any atom is -0.320 e. The van der Waals surface area contributed by atoms with Crippen molar-refractivity contribution < 1.29 is 0 Å². The van der Waals surface area contributed by atoms with Crippen LogP contribution >= 0.6 is 27.3 Å². The summed E-state index contributed by atoms with van der Waals surface area (Å²) in [5, 5.41) is 4.61. The molecule has 3 aromatic rings. The second-order valence-electron chi connectivity index (χ2n) is 4.68. The number of halogens is 1. The zero-order chi connectivity index (χ0) is 13.4. The largest absolute Gasteiger partial charge is 0.320 e. The Hall–Kier alpha value is -1.16. The SMILES string of the molecule is Cc1ccc2ccccc2c1C(N)c1csc(Br)c1. The summed E-state index contributed by atoms with van der Waals surface area (Å²) in [4.78, 5) is 0. The number of fused-ring (bicyclic) bond motifs is 1. The van der Waals surface area contributed by atoms with E-state index in [0.29, 0.717) is 0 Å². The Kier molecular flexibility index (Phi) is 3.44. The highest BCUT2D eigenvalue weighted by molar-refractivity contribution is 9.11. The molecule has 0 saturated carbocycles. The molecule has 0 bridgehead atoms. The van der Waals surface area contributed by atoms with Crippen molar-refractivity contribution in [3.8, 4) is 0 Å². The first-order chi connectivity index (χ1) is 9.16. The average Bonchev–Trinajstić information content (AvgIpc) is 2.85. The number of rotatable bonds is 2. The predicted octanol–water partition coefficient (Wildman–Crippen LogP) is 5.02. The molecule has 0 aliphatic carbocycles. The van der Waals surface area contributed by atoms with Crippen LogP contribution in [0.4, 0.5) is 0 Å². The Labute approximate surface area is 125 Å². The maximum atomic E-state index is 6.48. The lowest BCUT2D eigenvalue weighted by Gasteiger charge is -2.16. The first-order valence-electron chi connectivity index (χ1n) is 6.14. The van der Waals surface area contributed by atoms with E-state index >= 15 is 0 Å². The molecule has 1 atom stereocenters. The van der Waals surface area contributed by atoms with Gasteiger partial charge in [0.15, 0.2) is 0 Å². The van der Waals surface area contributed by atoms with Crippen molar-refractivity contribution in [2.45, 2.75) is 13.0 Å². The number of aryl methyl sites for hydroxylation is 1. The summed E-state index contributed by atoms with van der Waals surface area (Å²) < 4.78 is 1.12. The molecule has 2 N–H and O–H groups in total. The maximum absolute atomic E-state index is 6.48. The van der Waals surface area contributed by atoms with Crippen molar-refractivity contribution in [3.63, 3.8) is 0 Å². The molecule has 0 radical (unpaired) electrons. The van der Waals surface area contributed by atoms with Crippen molar-refractivity contribution in [2.75, 3.05) is 0 Å². The summed E-state index contributed by atoms with van der Waals surface area (Å²) in [5.74, 6) is 0. The molecular weight excluding hydrogens is 318 g/mol. The monoisotopic (exact) mass is 331 g/mol. The quantitative estimate of drug-likeness (QED) is 0.700. The van der Waals surface area contributed by atoms with Gasteiger partial charge in [-0.1, -0.05) is 36.4 Å². The molecule has 0 fully saturated rings. The Morgan fingerprint density at radius 3 is 2.68 bits per heavy atom. The fourth-order valence-electron chi connectivity index (χ4n) is 2.47. The third kappa shape index (κ3) is 2.34. The van der Waals surface area contributed by atoms with Gasteiger partial charge in [-0.3, -0.25) is 0 Å². The van der Waals surface area contributed by atoms with Crippen LogP contribution in [0.25, 0.3) is 10.8 Å². The van der Waals surface area contributed by atoms with Crippen molar-refractivity contribution in [3.05, 3.63) is 68.3 Å². The Morgan fingerprint density at radius 2 is 1.95 bits per heavy atom. The van der Waals surface area contributed by atoms with Crippen molar-refractivity contribution >= 4 is 38.0 Å². The van der Waals surface area contributed by atoms with Gasteiger partial charge in [-0.05, 0) is 61.8 Å². The van der Waals surface area contributed by atoms with Gasteiger partial charge in [0, 0.05) is 0 Å². The lowest BCUT2D eigenvalue weighted by atomic mass is 9.92. The smallest absolute Gasteiger partial charge is 0.0701 e. The van der Waals surface area contributed by atoms with Gasteiger partial charge >= 0.3 is 0 Å². The standard InChI is InChI=1S/C16H14BrNS/c1-10-6-7-11-4-2-3-5-13(11)15(10)16(18)12-8-14(17)19-9-12/h2-9,16H,18H2,1H3. The van der Waals surface area contributed by atoms with Crippen LogP contribution in [-0.4, -0.2) is 0 Å². The highest BCUT2D eigenvalue weighted by Crippen LogP contribution is 2.33. The minimum atomic E-state index is -0.0753. The van der Waals surface area contributed by atoms with Gasteiger partial charge in [0.1, 0.15) is 0 Å². The fourth-order valence-corrected chi connectivity index (χ4v) is 3.68. The van der Waals surface area contributed by atoms with Gasteiger partial charge in [0.2, 0.25) is 0 Å². The highest BCUT2D eigenvalue weighted by atomic mass is 79.9. The molecule has 1 aromatic heterocycles. The van der Waals surface area contributed by atoms with Gasteiger partial charge in [-0.15, -0.1) is 11.3 Å². The van der Waals surface area contributed by atoms with Crippen molar-refractivity contribution in [2.24, 2.45) is 5.73 Å². The molecule has 96 valence electrons. The van der Waals surface area contributed by atoms with E-state index in [4.69, 9.17) is 5.73 Å². The summed E-state index contributed by atoms with van der Waals surface area (Å²) in [6, 6.07) is 14.8. The number of thiophene rings is 1. The van der Waals surface area contributed by atoms with Gasteiger partial charge in [0.05, 0.1) is 9.83 Å². The van der Waals surface area contributed by atoms with Crippen LogP contribution in [0.15, 0.2) is 51.6 Å². The molecule has 3 rings (SSSR count). The summed E-state index contributed by atoms with van der Waals surface area (Å²) in [7, 11) is 0. The summed E-state index contributed by atoms with van der Waals surface area (Å²) >= 11 is 5.18. The lowest BCUT2D eigenvalue weighted by molar-refractivity contribution is 0.876. The second kappa shape index (κ2) is 5.08. The van der Waals surface area contributed by atoms with Crippen LogP contribution in [0, 0.1) is 6.92 Å². The minimum absolute atomic E-state index is 0.0753. The zero-order valence-electron chi connectivity index (χ0n) is 10.6. The van der Waals surface area contributed by atoms with E-state index < -0.39 is 0 Å².